The second-order valence-electron chi connectivity index (χ2n) is 5.51. The standard InChI is InChI=1S/C16H22N2O4/c1-12-10-18(13(2)9-17(12)15(19)21-3)16(20)22-11-14-7-5-4-6-8-14/h4-8,12-13H,9-11H2,1-3H3/t12-,13+/m0/s1. The van der Waals surface area contributed by atoms with E-state index in [-0.39, 0.29) is 30.9 Å². The first-order valence-electron chi connectivity index (χ1n) is 7.34. The molecule has 1 fully saturated rings. The van der Waals surface area contributed by atoms with Gasteiger partial charge in [-0.1, -0.05) is 30.3 Å². The van der Waals surface area contributed by atoms with Gasteiger partial charge in [0.1, 0.15) is 6.61 Å². The molecule has 22 heavy (non-hydrogen) atoms. The number of hydrogen-bond acceptors (Lipinski definition) is 4. The first-order chi connectivity index (χ1) is 10.5. The van der Waals surface area contributed by atoms with Crippen molar-refractivity contribution in [3.63, 3.8) is 0 Å². The SMILES string of the molecule is COC(=O)N1C[C@@H](C)N(C(=O)OCc2ccccc2)C[C@@H]1C. The number of carbonyl (C=O) groups is 2. The van der Waals surface area contributed by atoms with E-state index < -0.39 is 0 Å². The van der Waals surface area contributed by atoms with Crippen LogP contribution < -0.4 is 0 Å². The predicted molar refractivity (Wildman–Crippen MR) is 81.4 cm³/mol. The van der Waals surface area contributed by atoms with Crippen LogP contribution in [-0.2, 0) is 16.1 Å². The van der Waals surface area contributed by atoms with E-state index in [0.717, 1.165) is 5.56 Å². The Bertz CT molecular complexity index is 520. The van der Waals surface area contributed by atoms with Crippen molar-refractivity contribution >= 4 is 12.2 Å². The molecule has 1 heterocycles. The van der Waals surface area contributed by atoms with Crippen molar-refractivity contribution in [3.05, 3.63) is 35.9 Å². The van der Waals surface area contributed by atoms with E-state index in [1.165, 1.54) is 7.11 Å². The van der Waals surface area contributed by atoms with Gasteiger partial charge in [0.25, 0.3) is 0 Å². The van der Waals surface area contributed by atoms with Gasteiger partial charge in [-0.25, -0.2) is 9.59 Å². The molecule has 0 unspecified atom stereocenters. The lowest BCUT2D eigenvalue weighted by Gasteiger charge is -2.42. The van der Waals surface area contributed by atoms with E-state index in [4.69, 9.17) is 9.47 Å². The van der Waals surface area contributed by atoms with Gasteiger partial charge in [0.05, 0.1) is 19.2 Å². The summed E-state index contributed by atoms with van der Waals surface area (Å²) < 4.78 is 10.1. The lowest BCUT2D eigenvalue weighted by molar-refractivity contribution is 0.0233. The van der Waals surface area contributed by atoms with Crippen LogP contribution in [0.15, 0.2) is 30.3 Å². The second kappa shape index (κ2) is 7.15. The molecule has 2 atom stereocenters. The summed E-state index contributed by atoms with van der Waals surface area (Å²) in [6.07, 6.45) is -0.718. The zero-order valence-corrected chi connectivity index (χ0v) is 13.2. The maximum Gasteiger partial charge on any atom is 0.410 e. The van der Waals surface area contributed by atoms with Gasteiger partial charge >= 0.3 is 12.2 Å². The van der Waals surface area contributed by atoms with Gasteiger partial charge in [-0.15, -0.1) is 0 Å². The molecule has 1 aromatic rings. The molecule has 1 aliphatic heterocycles. The van der Waals surface area contributed by atoms with Crippen LogP contribution in [0.2, 0.25) is 0 Å². The average molecular weight is 306 g/mol. The van der Waals surface area contributed by atoms with Gasteiger partial charge in [-0.2, -0.15) is 0 Å². The highest BCUT2D eigenvalue weighted by Gasteiger charge is 2.35. The summed E-state index contributed by atoms with van der Waals surface area (Å²) >= 11 is 0. The van der Waals surface area contributed by atoms with Crippen LogP contribution in [0.4, 0.5) is 9.59 Å². The largest absolute Gasteiger partial charge is 0.453 e. The molecule has 0 radical (unpaired) electrons. The average Bonchev–Trinajstić information content (AvgIpc) is 2.54. The van der Waals surface area contributed by atoms with E-state index in [2.05, 4.69) is 0 Å². The fourth-order valence-corrected chi connectivity index (χ4v) is 2.55. The number of hydrogen-bond donors (Lipinski definition) is 0. The van der Waals surface area contributed by atoms with Crippen LogP contribution in [0.1, 0.15) is 19.4 Å². The quantitative estimate of drug-likeness (QED) is 0.842. The summed E-state index contributed by atoms with van der Waals surface area (Å²) in [7, 11) is 1.36. The Kier molecular flexibility index (Phi) is 5.25. The minimum absolute atomic E-state index is 0.104. The molecule has 6 nitrogen and oxygen atoms in total. The van der Waals surface area contributed by atoms with Crippen LogP contribution in [0, 0.1) is 0 Å². The zero-order valence-electron chi connectivity index (χ0n) is 13.2. The Morgan fingerprint density at radius 1 is 1.05 bits per heavy atom. The fourth-order valence-electron chi connectivity index (χ4n) is 2.55. The number of methoxy groups -OCH3 is 1. The summed E-state index contributed by atoms with van der Waals surface area (Å²) in [4.78, 5) is 27.2. The maximum absolute atomic E-state index is 12.2. The van der Waals surface area contributed by atoms with Crippen LogP contribution >= 0.6 is 0 Å². The number of rotatable bonds is 2. The van der Waals surface area contributed by atoms with Crippen molar-refractivity contribution in [1.82, 2.24) is 9.80 Å². The van der Waals surface area contributed by atoms with Crippen molar-refractivity contribution in [2.75, 3.05) is 20.2 Å². The molecule has 0 spiro atoms. The number of benzene rings is 1. The monoisotopic (exact) mass is 306 g/mol. The molecule has 1 aliphatic rings. The Balaban J connectivity index is 1.92. The van der Waals surface area contributed by atoms with Gasteiger partial charge in [-0.05, 0) is 19.4 Å². The molecular formula is C16H22N2O4. The smallest absolute Gasteiger partial charge is 0.410 e. The molecule has 2 rings (SSSR count). The molecule has 6 heteroatoms. The number of ether oxygens (including phenoxy) is 2. The molecule has 0 saturated carbocycles. The third kappa shape index (κ3) is 3.69. The lowest BCUT2D eigenvalue weighted by atomic mass is 10.1. The molecule has 0 aromatic heterocycles. The first-order valence-corrected chi connectivity index (χ1v) is 7.34. The van der Waals surface area contributed by atoms with Gasteiger partial charge in [0.2, 0.25) is 0 Å². The van der Waals surface area contributed by atoms with Gasteiger partial charge in [0, 0.05) is 13.1 Å². The number of nitrogens with zero attached hydrogens (tertiary/aromatic N) is 2. The first kappa shape index (κ1) is 16.1. The number of carbonyl (C=O) groups excluding carboxylic acids is 2. The second-order valence-corrected chi connectivity index (χ2v) is 5.51. The highest BCUT2D eigenvalue weighted by Crippen LogP contribution is 2.17. The third-order valence-electron chi connectivity index (χ3n) is 3.83. The summed E-state index contributed by atoms with van der Waals surface area (Å²) in [5, 5.41) is 0. The van der Waals surface area contributed by atoms with E-state index in [9.17, 15) is 9.59 Å². The van der Waals surface area contributed by atoms with Gasteiger partial charge in [0.15, 0.2) is 0 Å². The Morgan fingerprint density at radius 2 is 1.59 bits per heavy atom. The summed E-state index contributed by atoms with van der Waals surface area (Å²) in [5.74, 6) is 0. The molecular weight excluding hydrogens is 284 g/mol. The third-order valence-corrected chi connectivity index (χ3v) is 3.83. The molecule has 0 N–H and O–H groups in total. The van der Waals surface area contributed by atoms with Crippen molar-refractivity contribution in [2.45, 2.75) is 32.5 Å². The number of amides is 2. The Labute approximate surface area is 130 Å². The molecule has 1 saturated heterocycles. The summed E-state index contributed by atoms with van der Waals surface area (Å²) in [6.45, 7) is 4.90. The van der Waals surface area contributed by atoms with Gasteiger partial charge < -0.3 is 19.3 Å². The molecule has 1 aromatic carbocycles. The predicted octanol–water partition coefficient (Wildman–Crippen LogP) is 2.48. The summed E-state index contributed by atoms with van der Waals surface area (Å²) in [5.41, 5.74) is 0.949. The Morgan fingerprint density at radius 3 is 2.14 bits per heavy atom. The van der Waals surface area contributed by atoms with Gasteiger partial charge in [-0.3, -0.25) is 0 Å². The molecule has 2 amide bonds. The molecule has 0 aliphatic carbocycles. The van der Waals surface area contributed by atoms with E-state index >= 15 is 0 Å². The highest BCUT2D eigenvalue weighted by molar-refractivity contribution is 5.71. The maximum atomic E-state index is 12.2. The summed E-state index contributed by atoms with van der Waals surface area (Å²) in [6, 6.07) is 9.34. The minimum Gasteiger partial charge on any atom is -0.453 e. The van der Waals surface area contributed by atoms with Crippen LogP contribution in [0.25, 0.3) is 0 Å². The van der Waals surface area contributed by atoms with Crippen molar-refractivity contribution in [3.8, 4) is 0 Å². The van der Waals surface area contributed by atoms with Crippen LogP contribution in [0.3, 0.4) is 0 Å². The van der Waals surface area contributed by atoms with Crippen LogP contribution in [-0.4, -0.2) is 54.3 Å². The van der Waals surface area contributed by atoms with Crippen molar-refractivity contribution < 1.29 is 19.1 Å². The van der Waals surface area contributed by atoms with Crippen molar-refractivity contribution in [2.24, 2.45) is 0 Å². The number of piperazine rings is 1. The van der Waals surface area contributed by atoms with Crippen LogP contribution in [0.5, 0.6) is 0 Å². The topological polar surface area (TPSA) is 59.1 Å². The normalized spacial score (nSPS) is 21.4. The van der Waals surface area contributed by atoms with Crippen molar-refractivity contribution in [1.29, 1.82) is 0 Å². The van der Waals surface area contributed by atoms with E-state index in [0.29, 0.717) is 13.1 Å². The molecule has 0 bridgehead atoms. The van der Waals surface area contributed by atoms with E-state index in [1.807, 2.05) is 44.2 Å². The minimum atomic E-state index is -0.364. The fraction of sp³-hybridized carbons (Fsp3) is 0.500. The molecule has 120 valence electrons. The Hall–Kier alpha value is -2.24. The van der Waals surface area contributed by atoms with E-state index in [1.54, 1.807) is 9.80 Å². The lowest BCUT2D eigenvalue weighted by Crippen LogP contribution is -2.59. The highest BCUT2D eigenvalue weighted by atomic mass is 16.6. The zero-order chi connectivity index (χ0) is 16.1.